The molecule has 0 aliphatic carbocycles. The number of hydrogen-bond donors (Lipinski definition) is 2. The van der Waals surface area contributed by atoms with Gasteiger partial charge in [0.1, 0.15) is 0 Å². The Morgan fingerprint density at radius 1 is 1.67 bits per heavy atom. The van der Waals surface area contributed by atoms with Gasteiger partial charge in [-0.05, 0) is 18.4 Å². The van der Waals surface area contributed by atoms with Gasteiger partial charge in [-0.25, -0.2) is 0 Å². The molecule has 0 amide bonds. The number of rotatable bonds is 1. The van der Waals surface area contributed by atoms with Crippen molar-refractivity contribution in [2.45, 2.75) is 13.0 Å². The third-order valence-corrected chi connectivity index (χ3v) is 1.98. The van der Waals surface area contributed by atoms with E-state index >= 15 is 0 Å². The van der Waals surface area contributed by atoms with E-state index in [2.05, 4.69) is 0 Å². The molecule has 4 N–H and O–H groups in total. The molecule has 50 valence electrons. The van der Waals surface area contributed by atoms with Gasteiger partial charge < -0.3 is 11.5 Å². The Balaban J connectivity index is 2.94. The molecular formula is C6H10N2S. The highest BCUT2D eigenvalue weighted by molar-refractivity contribution is 7.14. The van der Waals surface area contributed by atoms with Crippen molar-refractivity contribution >= 4 is 16.3 Å². The summed E-state index contributed by atoms with van der Waals surface area (Å²) in [6.07, 6.45) is 0. The summed E-state index contributed by atoms with van der Waals surface area (Å²) in [4.78, 5) is 0. The normalized spacial score (nSPS) is 13.6. The first-order valence-corrected chi connectivity index (χ1v) is 3.68. The van der Waals surface area contributed by atoms with E-state index in [0.717, 1.165) is 10.6 Å². The molecule has 0 fully saturated rings. The van der Waals surface area contributed by atoms with E-state index in [9.17, 15) is 0 Å². The van der Waals surface area contributed by atoms with Gasteiger partial charge in [0.15, 0.2) is 0 Å². The summed E-state index contributed by atoms with van der Waals surface area (Å²) in [6, 6.07) is 2.03. The number of nitrogen functional groups attached to an aromatic ring is 1. The second-order valence-electron chi connectivity index (χ2n) is 2.03. The summed E-state index contributed by atoms with van der Waals surface area (Å²) in [5, 5.41) is 2.79. The van der Waals surface area contributed by atoms with Crippen LogP contribution in [0.15, 0.2) is 11.4 Å². The fourth-order valence-electron chi connectivity index (χ4n) is 0.707. The van der Waals surface area contributed by atoms with Gasteiger partial charge in [-0.2, -0.15) is 0 Å². The second-order valence-corrected chi connectivity index (χ2v) is 2.98. The molecule has 1 aromatic heterocycles. The lowest BCUT2D eigenvalue weighted by Gasteiger charge is -2.01. The minimum Gasteiger partial charge on any atom is -0.390 e. The standard InChI is InChI=1S/C6H10N2S/c1-4(7)5-2-3-9-6(5)8/h2-4H,7-8H2,1H3. The zero-order valence-electron chi connectivity index (χ0n) is 5.29. The zero-order valence-corrected chi connectivity index (χ0v) is 6.11. The lowest BCUT2D eigenvalue weighted by Crippen LogP contribution is -2.05. The molecule has 0 aromatic carbocycles. The van der Waals surface area contributed by atoms with Crippen LogP contribution in [-0.2, 0) is 0 Å². The zero-order chi connectivity index (χ0) is 6.85. The van der Waals surface area contributed by atoms with Crippen molar-refractivity contribution in [2.75, 3.05) is 5.73 Å². The Hall–Kier alpha value is -0.540. The summed E-state index contributed by atoms with van der Waals surface area (Å²) >= 11 is 1.53. The third kappa shape index (κ3) is 1.23. The molecule has 0 saturated carbocycles. The highest BCUT2D eigenvalue weighted by atomic mass is 32.1. The lowest BCUT2D eigenvalue weighted by molar-refractivity contribution is 0.825. The molecule has 2 nitrogen and oxygen atoms in total. The first-order valence-electron chi connectivity index (χ1n) is 2.80. The Bertz CT molecular complexity index is 193. The summed E-state index contributed by atoms with van der Waals surface area (Å²) < 4.78 is 0. The van der Waals surface area contributed by atoms with Crippen molar-refractivity contribution in [1.82, 2.24) is 0 Å². The molecule has 1 unspecified atom stereocenters. The Labute approximate surface area is 58.5 Å². The van der Waals surface area contributed by atoms with Crippen molar-refractivity contribution < 1.29 is 0 Å². The van der Waals surface area contributed by atoms with Gasteiger partial charge in [-0.3, -0.25) is 0 Å². The quantitative estimate of drug-likeness (QED) is 0.622. The van der Waals surface area contributed by atoms with E-state index in [1.165, 1.54) is 11.3 Å². The van der Waals surface area contributed by atoms with Crippen LogP contribution in [0.5, 0.6) is 0 Å². The number of hydrogen-bond acceptors (Lipinski definition) is 3. The van der Waals surface area contributed by atoms with Crippen LogP contribution >= 0.6 is 11.3 Å². The molecule has 9 heavy (non-hydrogen) atoms. The van der Waals surface area contributed by atoms with E-state index in [-0.39, 0.29) is 6.04 Å². The van der Waals surface area contributed by atoms with Gasteiger partial charge in [0.2, 0.25) is 0 Å². The number of anilines is 1. The molecule has 0 saturated heterocycles. The minimum absolute atomic E-state index is 0.0660. The molecule has 1 aromatic rings. The third-order valence-electron chi connectivity index (χ3n) is 1.22. The molecule has 3 heteroatoms. The van der Waals surface area contributed by atoms with Crippen molar-refractivity contribution in [3.05, 3.63) is 17.0 Å². The topological polar surface area (TPSA) is 52.0 Å². The first-order chi connectivity index (χ1) is 4.22. The smallest absolute Gasteiger partial charge is 0.0904 e. The summed E-state index contributed by atoms with van der Waals surface area (Å²) in [5.41, 5.74) is 12.2. The maximum Gasteiger partial charge on any atom is 0.0904 e. The van der Waals surface area contributed by atoms with Gasteiger partial charge in [-0.15, -0.1) is 11.3 Å². The molecular weight excluding hydrogens is 132 g/mol. The SMILES string of the molecule is CC(N)c1ccsc1N. The molecule has 1 rings (SSSR count). The molecule has 0 bridgehead atoms. The van der Waals surface area contributed by atoms with Gasteiger partial charge in [0.05, 0.1) is 5.00 Å². The Morgan fingerprint density at radius 2 is 2.33 bits per heavy atom. The van der Waals surface area contributed by atoms with Gasteiger partial charge >= 0.3 is 0 Å². The van der Waals surface area contributed by atoms with Crippen LogP contribution < -0.4 is 11.5 Å². The van der Waals surface area contributed by atoms with Crippen LogP contribution in [0, 0.1) is 0 Å². The maximum atomic E-state index is 5.59. The Morgan fingerprint density at radius 3 is 2.56 bits per heavy atom. The highest BCUT2D eigenvalue weighted by Crippen LogP contribution is 2.23. The number of nitrogens with two attached hydrogens (primary N) is 2. The van der Waals surface area contributed by atoms with E-state index in [4.69, 9.17) is 11.5 Å². The summed E-state index contributed by atoms with van der Waals surface area (Å²) in [6.45, 7) is 1.93. The van der Waals surface area contributed by atoms with Gasteiger partial charge in [-0.1, -0.05) is 0 Å². The predicted octanol–water partition coefficient (Wildman–Crippen LogP) is 1.35. The molecule has 0 aliphatic rings. The largest absolute Gasteiger partial charge is 0.390 e. The fraction of sp³-hybridized carbons (Fsp3) is 0.333. The van der Waals surface area contributed by atoms with Crippen molar-refractivity contribution in [3.8, 4) is 0 Å². The van der Waals surface area contributed by atoms with Crippen molar-refractivity contribution in [3.63, 3.8) is 0 Å². The minimum atomic E-state index is 0.0660. The van der Waals surface area contributed by atoms with Crippen LogP contribution in [0.1, 0.15) is 18.5 Å². The Kier molecular flexibility index (Phi) is 1.73. The monoisotopic (exact) mass is 142 g/mol. The predicted molar refractivity (Wildman–Crippen MR) is 41.3 cm³/mol. The average molecular weight is 142 g/mol. The highest BCUT2D eigenvalue weighted by Gasteiger charge is 2.03. The maximum absolute atomic E-state index is 5.59. The molecule has 0 spiro atoms. The molecule has 0 radical (unpaired) electrons. The van der Waals surface area contributed by atoms with Crippen molar-refractivity contribution in [1.29, 1.82) is 0 Å². The van der Waals surface area contributed by atoms with Gasteiger partial charge in [0.25, 0.3) is 0 Å². The molecule has 1 heterocycles. The summed E-state index contributed by atoms with van der Waals surface area (Å²) in [7, 11) is 0. The fourth-order valence-corrected chi connectivity index (χ4v) is 1.46. The van der Waals surface area contributed by atoms with E-state index in [1.807, 2.05) is 18.4 Å². The van der Waals surface area contributed by atoms with Gasteiger partial charge in [0, 0.05) is 11.6 Å². The average Bonchev–Trinajstić information content (AvgIpc) is 2.13. The van der Waals surface area contributed by atoms with Crippen LogP contribution in [0.3, 0.4) is 0 Å². The van der Waals surface area contributed by atoms with Crippen LogP contribution in [-0.4, -0.2) is 0 Å². The van der Waals surface area contributed by atoms with Crippen LogP contribution in [0.25, 0.3) is 0 Å². The van der Waals surface area contributed by atoms with Crippen molar-refractivity contribution in [2.24, 2.45) is 5.73 Å². The van der Waals surface area contributed by atoms with Crippen LogP contribution in [0.4, 0.5) is 5.00 Å². The molecule has 0 aliphatic heterocycles. The van der Waals surface area contributed by atoms with E-state index in [1.54, 1.807) is 0 Å². The molecule has 1 atom stereocenters. The van der Waals surface area contributed by atoms with E-state index in [0.29, 0.717) is 0 Å². The van der Waals surface area contributed by atoms with Crippen LogP contribution in [0.2, 0.25) is 0 Å². The number of thiophene rings is 1. The second kappa shape index (κ2) is 2.37. The lowest BCUT2D eigenvalue weighted by atomic mass is 10.2. The van der Waals surface area contributed by atoms with E-state index < -0.39 is 0 Å². The summed E-state index contributed by atoms with van der Waals surface area (Å²) in [5.74, 6) is 0. The first kappa shape index (κ1) is 6.58.